The quantitative estimate of drug-likeness (QED) is 0.452. The number of nitro groups is 1. The molecule has 0 spiro atoms. The smallest absolute Gasteiger partial charge is 0.270 e. The molecule has 0 amide bonds. The molecule has 1 atom stereocenters. The number of hydrogen-bond donors (Lipinski definition) is 1. The summed E-state index contributed by atoms with van der Waals surface area (Å²) in [4.78, 5) is 14.3. The van der Waals surface area contributed by atoms with Crippen LogP contribution in [0.3, 0.4) is 0 Å². The first-order valence-electron chi connectivity index (χ1n) is 6.31. The number of nitro benzene ring substituents is 1. The summed E-state index contributed by atoms with van der Waals surface area (Å²) in [5, 5.41) is 18.3. The first kappa shape index (κ1) is 14.2. The van der Waals surface area contributed by atoms with Crippen LogP contribution in [0.15, 0.2) is 53.2 Å². The summed E-state index contributed by atoms with van der Waals surface area (Å²) in [6.45, 7) is 0. The van der Waals surface area contributed by atoms with E-state index in [0.29, 0.717) is 11.5 Å². The van der Waals surface area contributed by atoms with Gasteiger partial charge in [-0.15, -0.1) is 10.2 Å². The van der Waals surface area contributed by atoms with E-state index in [4.69, 9.17) is 4.42 Å². The predicted octanol–water partition coefficient (Wildman–Crippen LogP) is 3.06. The monoisotopic (exact) mass is 314 g/mol. The molecule has 1 unspecified atom stereocenters. The minimum atomic E-state index is -0.473. The van der Waals surface area contributed by atoms with Crippen molar-refractivity contribution in [3.05, 3.63) is 70.4 Å². The molecule has 8 heteroatoms. The van der Waals surface area contributed by atoms with Crippen molar-refractivity contribution >= 4 is 18.3 Å². The van der Waals surface area contributed by atoms with Crippen molar-refractivity contribution in [2.24, 2.45) is 0 Å². The summed E-state index contributed by atoms with van der Waals surface area (Å²) in [5.74, 6) is 0.530. The highest BCUT2D eigenvalue weighted by molar-refractivity contribution is 7.80. The predicted molar refractivity (Wildman–Crippen MR) is 81.5 cm³/mol. The molecule has 0 saturated heterocycles. The number of non-ortho nitro benzene ring substituents is 1. The highest BCUT2D eigenvalue weighted by atomic mass is 32.1. The van der Waals surface area contributed by atoms with Crippen LogP contribution in [0.1, 0.15) is 16.7 Å². The van der Waals surface area contributed by atoms with Crippen molar-refractivity contribution in [1.82, 2.24) is 15.2 Å². The average molecular weight is 314 g/mol. The number of aromatic nitrogens is 3. The summed E-state index contributed by atoms with van der Waals surface area (Å²) >= 11 is 4.46. The van der Waals surface area contributed by atoms with Crippen LogP contribution in [0, 0.1) is 10.1 Å². The van der Waals surface area contributed by atoms with Gasteiger partial charge in [0, 0.05) is 30.1 Å². The van der Waals surface area contributed by atoms with Gasteiger partial charge in [-0.2, -0.15) is 12.6 Å². The number of rotatable bonds is 4. The zero-order valence-electron chi connectivity index (χ0n) is 11.2. The summed E-state index contributed by atoms with van der Waals surface area (Å²) in [7, 11) is 0. The largest absolute Gasteiger partial charge is 0.419 e. The van der Waals surface area contributed by atoms with Crippen molar-refractivity contribution in [3.63, 3.8) is 0 Å². The number of hydrogen-bond acceptors (Lipinski definition) is 7. The van der Waals surface area contributed by atoms with Crippen LogP contribution in [0.2, 0.25) is 0 Å². The van der Waals surface area contributed by atoms with Crippen molar-refractivity contribution in [2.45, 2.75) is 5.25 Å². The van der Waals surface area contributed by atoms with Gasteiger partial charge in [-0.25, -0.2) is 0 Å². The van der Waals surface area contributed by atoms with Crippen LogP contribution in [0.25, 0.3) is 11.5 Å². The molecule has 0 fully saturated rings. The molecule has 0 bridgehead atoms. The number of pyridine rings is 1. The fourth-order valence-electron chi connectivity index (χ4n) is 1.90. The standard InChI is InChI=1S/C14H10N4O3S/c19-18(20)11-3-1-2-10(8-11)13-16-17-14(21-13)12(22)9-4-6-15-7-5-9/h1-8,12,22H. The van der Waals surface area contributed by atoms with E-state index in [0.717, 1.165) is 5.56 Å². The Morgan fingerprint density at radius 2 is 1.95 bits per heavy atom. The van der Waals surface area contributed by atoms with Gasteiger partial charge in [-0.05, 0) is 23.8 Å². The zero-order valence-corrected chi connectivity index (χ0v) is 12.1. The molecule has 0 aliphatic carbocycles. The van der Waals surface area contributed by atoms with Crippen LogP contribution < -0.4 is 0 Å². The molecular weight excluding hydrogens is 304 g/mol. The van der Waals surface area contributed by atoms with E-state index < -0.39 is 4.92 Å². The van der Waals surface area contributed by atoms with Gasteiger partial charge in [0.25, 0.3) is 5.69 Å². The van der Waals surface area contributed by atoms with E-state index in [1.54, 1.807) is 36.7 Å². The molecule has 0 aliphatic rings. The molecule has 3 rings (SSSR count). The van der Waals surface area contributed by atoms with E-state index in [2.05, 4.69) is 27.8 Å². The average Bonchev–Trinajstić information content (AvgIpc) is 3.05. The van der Waals surface area contributed by atoms with E-state index in [9.17, 15) is 10.1 Å². The third-order valence-corrected chi connectivity index (χ3v) is 3.52. The van der Waals surface area contributed by atoms with Crippen molar-refractivity contribution in [3.8, 4) is 11.5 Å². The van der Waals surface area contributed by atoms with Gasteiger partial charge in [0.05, 0.1) is 4.92 Å². The molecule has 2 heterocycles. The second-order valence-corrected chi connectivity index (χ2v) is 4.95. The topological polar surface area (TPSA) is 95.0 Å². The molecular formula is C14H10N4O3S. The Morgan fingerprint density at radius 3 is 2.68 bits per heavy atom. The van der Waals surface area contributed by atoms with E-state index in [1.807, 2.05) is 0 Å². The number of benzene rings is 1. The fraction of sp³-hybridized carbons (Fsp3) is 0.0714. The van der Waals surface area contributed by atoms with Crippen LogP contribution in [0.5, 0.6) is 0 Å². The Hall–Kier alpha value is -2.74. The third-order valence-electron chi connectivity index (χ3n) is 3.00. The Balaban J connectivity index is 1.91. The fourth-order valence-corrected chi connectivity index (χ4v) is 2.18. The second-order valence-electron chi connectivity index (χ2n) is 4.44. The van der Waals surface area contributed by atoms with Gasteiger partial charge >= 0.3 is 0 Å². The van der Waals surface area contributed by atoms with Crippen molar-refractivity contribution in [2.75, 3.05) is 0 Å². The van der Waals surface area contributed by atoms with Gasteiger partial charge in [0.1, 0.15) is 5.25 Å². The van der Waals surface area contributed by atoms with Crippen molar-refractivity contribution in [1.29, 1.82) is 0 Å². The molecule has 0 radical (unpaired) electrons. The van der Waals surface area contributed by atoms with Gasteiger partial charge in [0.15, 0.2) is 0 Å². The zero-order chi connectivity index (χ0) is 15.5. The maximum atomic E-state index is 10.8. The van der Waals surface area contributed by atoms with Crippen LogP contribution >= 0.6 is 12.6 Å². The van der Waals surface area contributed by atoms with Gasteiger partial charge in [-0.1, -0.05) is 6.07 Å². The molecule has 3 aromatic rings. The molecule has 0 aliphatic heterocycles. The SMILES string of the molecule is O=[N+]([O-])c1cccc(-c2nnc(C(S)c3ccncc3)o2)c1. The minimum absolute atomic E-state index is 0.0335. The second kappa shape index (κ2) is 5.94. The lowest BCUT2D eigenvalue weighted by atomic mass is 10.2. The number of thiol groups is 1. The van der Waals surface area contributed by atoms with Crippen LogP contribution in [-0.4, -0.2) is 20.1 Å². The van der Waals surface area contributed by atoms with Gasteiger partial charge in [-0.3, -0.25) is 15.1 Å². The molecule has 0 saturated carbocycles. The van der Waals surface area contributed by atoms with E-state index in [1.165, 1.54) is 12.1 Å². The summed E-state index contributed by atoms with van der Waals surface area (Å²) in [6.07, 6.45) is 3.30. The van der Waals surface area contributed by atoms with Crippen molar-refractivity contribution < 1.29 is 9.34 Å². The number of nitrogens with zero attached hydrogens (tertiary/aromatic N) is 4. The van der Waals surface area contributed by atoms with E-state index >= 15 is 0 Å². The lowest BCUT2D eigenvalue weighted by Crippen LogP contribution is -1.93. The van der Waals surface area contributed by atoms with Crippen LogP contribution in [0.4, 0.5) is 5.69 Å². The normalized spacial score (nSPS) is 12.0. The molecule has 22 heavy (non-hydrogen) atoms. The molecule has 2 aromatic heterocycles. The summed E-state index contributed by atoms with van der Waals surface area (Å²) < 4.78 is 5.58. The first-order chi connectivity index (χ1) is 10.6. The Morgan fingerprint density at radius 1 is 1.18 bits per heavy atom. The minimum Gasteiger partial charge on any atom is -0.419 e. The Bertz CT molecular complexity index is 807. The highest BCUT2D eigenvalue weighted by Crippen LogP contribution is 2.30. The first-order valence-corrected chi connectivity index (χ1v) is 6.83. The van der Waals surface area contributed by atoms with Gasteiger partial charge < -0.3 is 4.42 Å². The highest BCUT2D eigenvalue weighted by Gasteiger charge is 2.18. The maximum Gasteiger partial charge on any atom is 0.270 e. The maximum absolute atomic E-state index is 10.8. The molecule has 7 nitrogen and oxygen atoms in total. The van der Waals surface area contributed by atoms with E-state index in [-0.39, 0.29) is 16.8 Å². The molecule has 0 N–H and O–H groups in total. The lowest BCUT2D eigenvalue weighted by Gasteiger charge is -2.04. The molecule has 110 valence electrons. The Labute approximate surface area is 130 Å². The lowest BCUT2D eigenvalue weighted by molar-refractivity contribution is -0.384. The molecule has 1 aromatic carbocycles. The summed E-state index contributed by atoms with van der Waals surface area (Å²) in [5.41, 5.74) is 1.32. The third kappa shape index (κ3) is 2.82. The summed E-state index contributed by atoms with van der Waals surface area (Å²) in [6, 6.07) is 9.63. The van der Waals surface area contributed by atoms with Gasteiger partial charge in [0.2, 0.25) is 11.8 Å². The Kier molecular flexibility index (Phi) is 3.84. The van der Waals surface area contributed by atoms with Crippen LogP contribution in [-0.2, 0) is 0 Å².